The minimum Gasteiger partial charge on any atom is -0.504 e. The van der Waals surface area contributed by atoms with Crippen LogP contribution >= 0.6 is 11.8 Å². The van der Waals surface area contributed by atoms with Crippen LogP contribution in [0.4, 0.5) is 0 Å². The van der Waals surface area contributed by atoms with Gasteiger partial charge in [-0.15, -0.1) is 0 Å². The highest BCUT2D eigenvalue weighted by atomic mass is 32.2. The Morgan fingerprint density at radius 2 is 2.06 bits per heavy atom. The SMILES string of the molecule is CCCCSCC(=O)c1ccc(O)c(O)c1. The number of hydrogen-bond donors (Lipinski definition) is 2. The maximum Gasteiger partial charge on any atom is 0.172 e. The van der Waals surface area contributed by atoms with E-state index in [0.29, 0.717) is 11.3 Å². The average molecular weight is 240 g/mol. The number of thioether (sulfide) groups is 1. The first-order valence-corrected chi connectivity index (χ1v) is 6.43. The van der Waals surface area contributed by atoms with E-state index in [9.17, 15) is 9.90 Å². The van der Waals surface area contributed by atoms with Crippen LogP contribution < -0.4 is 0 Å². The van der Waals surface area contributed by atoms with E-state index in [1.165, 1.54) is 18.2 Å². The van der Waals surface area contributed by atoms with Gasteiger partial charge >= 0.3 is 0 Å². The monoisotopic (exact) mass is 240 g/mol. The average Bonchev–Trinajstić information content (AvgIpc) is 2.28. The van der Waals surface area contributed by atoms with Crippen LogP contribution in [-0.4, -0.2) is 27.5 Å². The van der Waals surface area contributed by atoms with Crippen molar-refractivity contribution >= 4 is 17.5 Å². The third kappa shape index (κ3) is 3.77. The molecule has 2 N–H and O–H groups in total. The highest BCUT2D eigenvalue weighted by molar-refractivity contribution is 7.99. The van der Waals surface area contributed by atoms with E-state index in [-0.39, 0.29) is 17.3 Å². The smallest absolute Gasteiger partial charge is 0.172 e. The molecule has 88 valence electrons. The Balaban J connectivity index is 2.50. The second-order valence-corrected chi connectivity index (χ2v) is 4.64. The molecule has 0 saturated heterocycles. The molecule has 0 saturated carbocycles. The fourth-order valence-electron chi connectivity index (χ4n) is 1.19. The molecule has 0 unspecified atom stereocenters. The number of aromatic hydroxyl groups is 2. The lowest BCUT2D eigenvalue weighted by atomic mass is 10.1. The number of rotatable bonds is 6. The van der Waals surface area contributed by atoms with Crippen molar-refractivity contribution in [2.75, 3.05) is 11.5 Å². The van der Waals surface area contributed by atoms with Crippen molar-refractivity contribution in [3.05, 3.63) is 23.8 Å². The van der Waals surface area contributed by atoms with Gasteiger partial charge < -0.3 is 10.2 Å². The van der Waals surface area contributed by atoms with Gasteiger partial charge in [-0.1, -0.05) is 13.3 Å². The molecule has 0 radical (unpaired) electrons. The number of carbonyl (C=O) groups excluding carboxylic acids is 1. The predicted octanol–water partition coefficient (Wildman–Crippen LogP) is 2.81. The molecule has 0 atom stereocenters. The van der Waals surface area contributed by atoms with E-state index in [0.717, 1.165) is 18.6 Å². The lowest BCUT2D eigenvalue weighted by molar-refractivity contribution is 0.102. The maximum absolute atomic E-state index is 11.7. The lowest BCUT2D eigenvalue weighted by Crippen LogP contribution is -2.02. The van der Waals surface area contributed by atoms with E-state index < -0.39 is 0 Å². The van der Waals surface area contributed by atoms with Crippen molar-refractivity contribution in [2.45, 2.75) is 19.8 Å². The predicted molar refractivity (Wildman–Crippen MR) is 66.3 cm³/mol. The van der Waals surface area contributed by atoms with Crippen LogP contribution in [0.2, 0.25) is 0 Å². The zero-order chi connectivity index (χ0) is 12.0. The molecule has 1 aromatic rings. The minimum absolute atomic E-state index is 0.0172. The quantitative estimate of drug-likeness (QED) is 0.456. The van der Waals surface area contributed by atoms with Crippen molar-refractivity contribution in [2.24, 2.45) is 0 Å². The second kappa shape index (κ2) is 6.43. The molecule has 0 aliphatic carbocycles. The van der Waals surface area contributed by atoms with Crippen molar-refractivity contribution in [1.29, 1.82) is 0 Å². The van der Waals surface area contributed by atoms with Crippen LogP contribution in [0, 0.1) is 0 Å². The Hall–Kier alpha value is -1.16. The number of ketones is 1. The molecule has 4 heteroatoms. The zero-order valence-corrected chi connectivity index (χ0v) is 10.1. The lowest BCUT2D eigenvalue weighted by Gasteiger charge is -2.03. The highest BCUT2D eigenvalue weighted by Crippen LogP contribution is 2.25. The van der Waals surface area contributed by atoms with Gasteiger partial charge in [0.2, 0.25) is 0 Å². The Morgan fingerprint density at radius 3 is 2.69 bits per heavy atom. The molecule has 0 aliphatic rings. The highest BCUT2D eigenvalue weighted by Gasteiger charge is 2.08. The molecule has 1 rings (SSSR count). The molecule has 0 heterocycles. The van der Waals surface area contributed by atoms with Crippen LogP contribution in [-0.2, 0) is 0 Å². The first-order valence-electron chi connectivity index (χ1n) is 5.28. The van der Waals surface area contributed by atoms with Gasteiger partial charge in [0.05, 0.1) is 5.75 Å². The molecule has 0 spiro atoms. The second-order valence-electron chi connectivity index (χ2n) is 3.53. The van der Waals surface area contributed by atoms with Gasteiger partial charge in [0.15, 0.2) is 17.3 Å². The summed E-state index contributed by atoms with van der Waals surface area (Å²) in [6.07, 6.45) is 2.24. The number of phenolic OH excluding ortho intramolecular Hbond substituents is 2. The Kier molecular flexibility index (Phi) is 5.19. The Morgan fingerprint density at radius 1 is 1.31 bits per heavy atom. The first-order chi connectivity index (χ1) is 7.65. The summed E-state index contributed by atoms with van der Waals surface area (Å²) < 4.78 is 0. The first kappa shape index (κ1) is 12.9. The van der Waals surface area contributed by atoms with Crippen molar-refractivity contribution in [1.82, 2.24) is 0 Å². The standard InChI is InChI=1S/C12H16O3S/c1-2-3-6-16-8-12(15)9-4-5-10(13)11(14)7-9/h4-5,7,13-14H,2-3,6,8H2,1H3. The van der Waals surface area contributed by atoms with Crippen LogP contribution in [0.1, 0.15) is 30.1 Å². The number of Topliss-reactive ketones (excluding diaryl/α,β-unsaturated/α-hetero) is 1. The Bertz CT molecular complexity index is 363. The van der Waals surface area contributed by atoms with Crippen molar-refractivity contribution < 1.29 is 15.0 Å². The molecule has 0 aliphatic heterocycles. The molecule has 0 bridgehead atoms. The largest absolute Gasteiger partial charge is 0.504 e. The fraction of sp³-hybridized carbons (Fsp3) is 0.417. The summed E-state index contributed by atoms with van der Waals surface area (Å²) in [5.41, 5.74) is 0.444. The number of benzene rings is 1. The van der Waals surface area contributed by atoms with Gasteiger partial charge in [0.25, 0.3) is 0 Å². The molecular formula is C12H16O3S. The zero-order valence-electron chi connectivity index (χ0n) is 9.27. The molecule has 0 aromatic heterocycles. The summed E-state index contributed by atoms with van der Waals surface area (Å²) in [5.74, 6) is 0.937. The molecule has 0 amide bonds. The summed E-state index contributed by atoms with van der Waals surface area (Å²) in [4.78, 5) is 11.7. The third-order valence-corrected chi connectivity index (χ3v) is 3.22. The van der Waals surface area contributed by atoms with Crippen molar-refractivity contribution in [3.63, 3.8) is 0 Å². The van der Waals surface area contributed by atoms with E-state index in [1.807, 2.05) is 0 Å². The van der Waals surface area contributed by atoms with Crippen molar-refractivity contribution in [3.8, 4) is 11.5 Å². The van der Waals surface area contributed by atoms with Gasteiger partial charge in [-0.05, 0) is 30.4 Å². The van der Waals surface area contributed by atoms with Crippen LogP contribution in [0.3, 0.4) is 0 Å². The fourth-order valence-corrected chi connectivity index (χ4v) is 2.18. The Labute approximate surface area is 99.5 Å². The van der Waals surface area contributed by atoms with Gasteiger partial charge in [0.1, 0.15) is 0 Å². The van der Waals surface area contributed by atoms with Crippen LogP contribution in [0.15, 0.2) is 18.2 Å². The van der Waals surface area contributed by atoms with E-state index in [4.69, 9.17) is 5.11 Å². The number of phenols is 2. The van der Waals surface area contributed by atoms with Crippen LogP contribution in [0.25, 0.3) is 0 Å². The minimum atomic E-state index is -0.246. The number of hydrogen-bond acceptors (Lipinski definition) is 4. The summed E-state index contributed by atoms with van der Waals surface area (Å²) in [7, 11) is 0. The third-order valence-electron chi connectivity index (χ3n) is 2.17. The van der Waals surface area contributed by atoms with Gasteiger partial charge in [-0.25, -0.2) is 0 Å². The van der Waals surface area contributed by atoms with E-state index >= 15 is 0 Å². The molecular weight excluding hydrogens is 224 g/mol. The summed E-state index contributed by atoms with van der Waals surface area (Å²) >= 11 is 1.60. The molecule has 1 aromatic carbocycles. The molecule has 3 nitrogen and oxygen atoms in total. The summed E-state index contributed by atoms with van der Waals surface area (Å²) in [5, 5.41) is 18.4. The van der Waals surface area contributed by atoms with Crippen LogP contribution in [0.5, 0.6) is 11.5 Å². The van der Waals surface area contributed by atoms with E-state index in [1.54, 1.807) is 11.8 Å². The van der Waals surface area contributed by atoms with Gasteiger partial charge in [0, 0.05) is 5.56 Å². The topological polar surface area (TPSA) is 57.5 Å². The normalized spacial score (nSPS) is 10.3. The van der Waals surface area contributed by atoms with Gasteiger partial charge in [-0.3, -0.25) is 4.79 Å². The number of carbonyl (C=O) groups is 1. The summed E-state index contributed by atoms with van der Waals surface area (Å²) in [6, 6.07) is 4.16. The van der Waals surface area contributed by atoms with Gasteiger partial charge in [-0.2, -0.15) is 11.8 Å². The molecule has 0 fully saturated rings. The molecule has 16 heavy (non-hydrogen) atoms. The summed E-state index contributed by atoms with van der Waals surface area (Å²) in [6.45, 7) is 2.11. The number of unbranched alkanes of at least 4 members (excludes halogenated alkanes) is 1. The maximum atomic E-state index is 11.7. The van der Waals surface area contributed by atoms with E-state index in [2.05, 4.69) is 6.92 Å².